The quantitative estimate of drug-likeness (QED) is 0.529. The second-order valence-electron chi connectivity index (χ2n) is 7.23. The summed E-state index contributed by atoms with van der Waals surface area (Å²) in [6, 6.07) is 14.8. The molecule has 0 fully saturated rings. The minimum atomic E-state index is -3.98. The number of amides is 1. The molecule has 0 saturated carbocycles. The van der Waals surface area contributed by atoms with Gasteiger partial charge in [-0.2, -0.15) is 10.5 Å². The van der Waals surface area contributed by atoms with Crippen molar-refractivity contribution in [1.29, 1.82) is 10.5 Å². The molecule has 10 heteroatoms. The number of aryl methyl sites for hydroxylation is 2. The van der Waals surface area contributed by atoms with Crippen LogP contribution < -0.4 is 4.72 Å². The topological polar surface area (TPSA) is 140 Å². The van der Waals surface area contributed by atoms with E-state index in [1.165, 1.54) is 23.1 Å². The molecule has 0 unspecified atom stereocenters. The van der Waals surface area contributed by atoms with Gasteiger partial charge in [0.1, 0.15) is 0 Å². The molecule has 2 rings (SSSR count). The maximum absolute atomic E-state index is 12.9. The summed E-state index contributed by atoms with van der Waals surface area (Å²) in [5, 5.41) is 17.4. The lowest BCUT2D eigenvalue weighted by Crippen LogP contribution is -2.36. The van der Waals surface area contributed by atoms with Crippen molar-refractivity contribution in [3.05, 3.63) is 59.2 Å². The van der Waals surface area contributed by atoms with E-state index >= 15 is 0 Å². The molecule has 0 heterocycles. The van der Waals surface area contributed by atoms with E-state index in [2.05, 4.69) is 4.72 Å². The van der Waals surface area contributed by atoms with E-state index in [-0.39, 0.29) is 36.4 Å². The molecule has 1 N–H and O–H groups in total. The van der Waals surface area contributed by atoms with Gasteiger partial charge in [-0.3, -0.25) is 9.52 Å². The maximum atomic E-state index is 12.9. The number of carbonyl (C=O) groups is 2. The maximum Gasteiger partial charge on any atom is 0.338 e. The van der Waals surface area contributed by atoms with E-state index in [0.29, 0.717) is 11.3 Å². The molecule has 0 saturated heterocycles. The third kappa shape index (κ3) is 7.34. The number of rotatable bonds is 10. The van der Waals surface area contributed by atoms with Gasteiger partial charge in [-0.1, -0.05) is 18.2 Å². The number of nitrogens with zero attached hydrogens (tertiary/aromatic N) is 3. The molecule has 0 radical (unpaired) electrons. The fraction of sp³-hybridized carbons (Fsp3) is 0.304. The summed E-state index contributed by atoms with van der Waals surface area (Å²) < 4.78 is 33.3. The van der Waals surface area contributed by atoms with E-state index in [1.807, 2.05) is 25.1 Å². The SMILES string of the molecule is Cc1cccc(NS(=O)(=O)c2cc(C(=O)OCC(=O)N(CCC#N)CCC#N)ccc2C)c1. The van der Waals surface area contributed by atoms with Crippen LogP contribution in [0, 0.1) is 36.5 Å². The Bertz CT molecular complexity index is 1190. The average Bonchev–Trinajstić information content (AvgIpc) is 2.77. The minimum absolute atomic E-state index is 0.0291. The zero-order valence-electron chi connectivity index (χ0n) is 18.4. The van der Waals surface area contributed by atoms with Gasteiger partial charge >= 0.3 is 5.97 Å². The molecule has 0 aromatic heterocycles. The fourth-order valence-electron chi connectivity index (χ4n) is 2.97. The summed E-state index contributed by atoms with van der Waals surface area (Å²) in [7, 11) is -3.98. The number of esters is 1. The predicted octanol–water partition coefficient (Wildman–Crippen LogP) is 2.92. The van der Waals surface area contributed by atoms with Crippen LogP contribution >= 0.6 is 0 Å². The molecule has 0 aliphatic heterocycles. The smallest absolute Gasteiger partial charge is 0.338 e. The van der Waals surface area contributed by atoms with Crippen LogP contribution in [0.5, 0.6) is 0 Å². The van der Waals surface area contributed by atoms with E-state index in [9.17, 15) is 18.0 Å². The Morgan fingerprint density at radius 2 is 1.70 bits per heavy atom. The Morgan fingerprint density at radius 3 is 2.30 bits per heavy atom. The second-order valence-corrected chi connectivity index (χ2v) is 8.88. The second kappa shape index (κ2) is 11.7. The first-order valence-corrected chi connectivity index (χ1v) is 11.5. The highest BCUT2D eigenvalue weighted by Crippen LogP contribution is 2.22. The highest BCUT2D eigenvalue weighted by atomic mass is 32.2. The van der Waals surface area contributed by atoms with Crippen LogP contribution in [-0.2, 0) is 19.6 Å². The fourth-order valence-corrected chi connectivity index (χ4v) is 4.29. The van der Waals surface area contributed by atoms with E-state index in [0.717, 1.165) is 5.56 Å². The first-order chi connectivity index (χ1) is 15.7. The van der Waals surface area contributed by atoms with E-state index < -0.39 is 28.5 Å². The van der Waals surface area contributed by atoms with Crippen molar-refractivity contribution in [2.24, 2.45) is 0 Å². The van der Waals surface area contributed by atoms with Crippen LogP contribution in [0.25, 0.3) is 0 Å². The van der Waals surface area contributed by atoms with Gasteiger partial charge in [-0.25, -0.2) is 13.2 Å². The van der Waals surface area contributed by atoms with Crippen LogP contribution in [0.4, 0.5) is 5.69 Å². The summed E-state index contributed by atoms with van der Waals surface area (Å²) in [5.41, 5.74) is 1.68. The molecule has 0 aliphatic rings. The Hall–Kier alpha value is -3.89. The summed E-state index contributed by atoms with van der Waals surface area (Å²) in [4.78, 5) is 26.0. The molecule has 0 aliphatic carbocycles. The normalized spacial score (nSPS) is 10.5. The monoisotopic (exact) mass is 468 g/mol. The molecule has 9 nitrogen and oxygen atoms in total. The zero-order chi connectivity index (χ0) is 24.4. The van der Waals surface area contributed by atoms with Gasteiger partial charge in [0, 0.05) is 18.8 Å². The highest BCUT2D eigenvalue weighted by molar-refractivity contribution is 7.92. The van der Waals surface area contributed by atoms with Crippen molar-refractivity contribution in [1.82, 2.24) is 4.90 Å². The van der Waals surface area contributed by atoms with Gasteiger partial charge in [0.15, 0.2) is 6.61 Å². The first-order valence-electron chi connectivity index (χ1n) is 10.1. The molecular weight excluding hydrogens is 444 g/mol. The van der Waals surface area contributed by atoms with Crippen molar-refractivity contribution >= 4 is 27.6 Å². The molecule has 1 amide bonds. The minimum Gasteiger partial charge on any atom is -0.452 e. The number of nitrogens with one attached hydrogen (secondary N) is 1. The number of carbonyl (C=O) groups excluding carboxylic acids is 2. The number of ether oxygens (including phenoxy) is 1. The van der Waals surface area contributed by atoms with Crippen molar-refractivity contribution in [2.45, 2.75) is 31.6 Å². The van der Waals surface area contributed by atoms with Gasteiger partial charge in [-0.15, -0.1) is 0 Å². The van der Waals surface area contributed by atoms with Crippen LogP contribution in [0.2, 0.25) is 0 Å². The van der Waals surface area contributed by atoms with Crippen LogP contribution in [0.3, 0.4) is 0 Å². The average molecular weight is 469 g/mol. The number of hydrogen-bond acceptors (Lipinski definition) is 7. The summed E-state index contributed by atoms with van der Waals surface area (Å²) in [6.07, 6.45) is 0.163. The standard InChI is InChI=1S/C23H24N4O5S/c1-17-6-3-7-20(14-17)26-33(30,31)21-15-19(9-8-18(21)2)23(29)32-16-22(28)27(12-4-10-24)13-5-11-25/h3,6-9,14-15,26H,4-5,12-13,16H2,1-2H3. The van der Waals surface area contributed by atoms with Crippen molar-refractivity contribution in [2.75, 3.05) is 24.4 Å². The van der Waals surface area contributed by atoms with Gasteiger partial charge in [0.2, 0.25) is 0 Å². The number of nitriles is 2. The number of anilines is 1. The Kier molecular flexibility index (Phi) is 8.96. The third-order valence-electron chi connectivity index (χ3n) is 4.65. The van der Waals surface area contributed by atoms with Gasteiger partial charge in [0.05, 0.1) is 35.4 Å². The van der Waals surface area contributed by atoms with E-state index in [1.54, 1.807) is 25.1 Å². The number of hydrogen-bond donors (Lipinski definition) is 1. The summed E-state index contributed by atoms with van der Waals surface area (Å²) in [6.45, 7) is 3.08. The zero-order valence-corrected chi connectivity index (χ0v) is 19.2. The van der Waals surface area contributed by atoms with Crippen molar-refractivity contribution < 1.29 is 22.7 Å². The largest absolute Gasteiger partial charge is 0.452 e. The van der Waals surface area contributed by atoms with Gasteiger partial charge in [0.25, 0.3) is 15.9 Å². The first kappa shape index (κ1) is 25.4. The molecule has 0 bridgehead atoms. The number of benzene rings is 2. The third-order valence-corrected chi connectivity index (χ3v) is 6.17. The Morgan fingerprint density at radius 1 is 1.03 bits per heavy atom. The van der Waals surface area contributed by atoms with Crippen LogP contribution in [-0.4, -0.2) is 44.9 Å². The highest BCUT2D eigenvalue weighted by Gasteiger charge is 2.21. The summed E-state index contributed by atoms with van der Waals surface area (Å²) >= 11 is 0. The molecular formula is C23H24N4O5S. The molecule has 2 aromatic rings. The lowest BCUT2D eigenvalue weighted by molar-refractivity contribution is -0.134. The lowest BCUT2D eigenvalue weighted by atomic mass is 10.1. The molecule has 172 valence electrons. The van der Waals surface area contributed by atoms with Gasteiger partial charge < -0.3 is 9.64 Å². The molecule has 0 spiro atoms. The Balaban J connectivity index is 2.14. The van der Waals surface area contributed by atoms with Crippen LogP contribution in [0.1, 0.15) is 34.3 Å². The molecule has 2 aromatic carbocycles. The summed E-state index contributed by atoms with van der Waals surface area (Å²) in [5.74, 6) is -1.41. The Labute approximate surface area is 193 Å². The predicted molar refractivity (Wildman–Crippen MR) is 120 cm³/mol. The molecule has 0 atom stereocenters. The molecule has 33 heavy (non-hydrogen) atoms. The van der Waals surface area contributed by atoms with Gasteiger partial charge in [-0.05, 0) is 49.2 Å². The van der Waals surface area contributed by atoms with Crippen molar-refractivity contribution in [3.8, 4) is 12.1 Å². The van der Waals surface area contributed by atoms with Crippen LogP contribution in [0.15, 0.2) is 47.4 Å². The van der Waals surface area contributed by atoms with E-state index in [4.69, 9.17) is 15.3 Å². The van der Waals surface area contributed by atoms with Crippen molar-refractivity contribution in [3.63, 3.8) is 0 Å². The lowest BCUT2D eigenvalue weighted by Gasteiger charge is -2.20. The number of sulfonamides is 1.